The van der Waals surface area contributed by atoms with Gasteiger partial charge in [0.2, 0.25) is 5.96 Å². The Balaban J connectivity index is 2.96. The molecule has 1 atom stereocenters. The molecule has 0 aromatic carbocycles. The maximum absolute atomic E-state index is 9.24. The fourth-order valence-corrected chi connectivity index (χ4v) is 0.607. The summed E-state index contributed by atoms with van der Waals surface area (Å²) in [7, 11) is 0. The van der Waals surface area contributed by atoms with Crippen LogP contribution in [0, 0.1) is 0 Å². The van der Waals surface area contributed by atoms with E-state index < -0.39 is 5.72 Å². The zero-order chi connectivity index (χ0) is 7.07. The minimum atomic E-state index is -1.16. The molecule has 0 bridgehead atoms. The second-order valence-corrected chi connectivity index (χ2v) is 2.19. The summed E-state index contributed by atoms with van der Waals surface area (Å²) >= 11 is 0. The van der Waals surface area contributed by atoms with Gasteiger partial charge in [0.1, 0.15) is 0 Å². The molecule has 0 aromatic rings. The van der Waals surface area contributed by atoms with E-state index in [1.165, 1.54) is 0 Å². The van der Waals surface area contributed by atoms with E-state index in [0.29, 0.717) is 5.71 Å². The molecule has 1 unspecified atom stereocenters. The number of rotatable bonds is 0. The molecule has 1 rings (SSSR count). The van der Waals surface area contributed by atoms with Crippen molar-refractivity contribution >= 4 is 11.7 Å². The van der Waals surface area contributed by atoms with E-state index in [9.17, 15) is 5.11 Å². The van der Waals surface area contributed by atoms with Crippen molar-refractivity contribution in [2.45, 2.75) is 19.6 Å². The molecule has 9 heavy (non-hydrogen) atoms. The number of hydrogen-bond donors (Lipinski definition) is 2. The number of aliphatic hydroxyl groups is 1. The first kappa shape index (κ1) is 6.22. The maximum atomic E-state index is 9.24. The third kappa shape index (κ3) is 0.929. The molecule has 4 heteroatoms. The Labute approximate surface area is 53.1 Å². The van der Waals surface area contributed by atoms with E-state index >= 15 is 0 Å². The Morgan fingerprint density at radius 1 is 1.67 bits per heavy atom. The first-order chi connectivity index (χ1) is 4.02. The van der Waals surface area contributed by atoms with Gasteiger partial charge in [-0.05, 0) is 13.8 Å². The molecule has 4 nitrogen and oxygen atoms in total. The second kappa shape index (κ2) is 1.54. The molecule has 0 fully saturated rings. The third-order valence-electron chi connectivity index (χ3n) is 1.30. The van der Waals surface area contributed by atoms with E-state index in [1.807, 2.05) is 0 Å². The van der Waals surface area contributed by atoms with Crippen LogP contribution in [0.25, 0.3) is 0 Å². The van der Waals surface area contributed by atoms with Gasteiger partial charge in [-0.3, -0.25) is 0 Å². The largest absolute Gasteiger partial charge is 0.368 e. The number of nitrogens with two attached hydrogens (primary N) is 1. The zero-order valence-electron chi connectivity index (χ0n) is 5.42. The predicted molar refractivity (Wildman–Crippen MR) is 35.4 cm³/mol. The number of guanidine groups is 1. The van der Waals surface area contributed by atoms with Gasteiger partial charge in [-0.1, -0.05) is 0 Å². The summed E-state index contributed by atoms with van der Waals surface area (Å²) in [4.78, 5) is 7.38. The van der Waals surface area contributed by atoms with E-state index in [1.54, 1.807) is 13.8 Å². The Kier molecular flexibility index (Phi) is 1.06. The van der Waals surface area contributed by atoms with Crippen LogP contribution in [-0.2, 0) is 0 Å². The minimum absolute atomic E-state index is 0.150. The summed E-state index contributed by atoms with van der Waals surface area (Å²) in [6, 6.07) is 0. The topological polar surface area (TPSA) is 71.0 Å². The lowest BCUT2D eigenvalue weighted by Gasteiger charge is -2.10. The Bertz CT molecular complexity index is 192. The number of nitrogens with zero attached hydrogens (tertiary/aromatic N) is 2. The van der Waals surface area contributed by atoms with Crippen LogP contribution in [0.5, 0.6) is 0 Å². The van der Waals surface area contributed by atoms with Gasteiger partial charge in [-0.15, -0.1) is 0 Å². The second-order valence-electron chi connectivity index (χ2n) is 2.19. The van der Waals surface area contributed by atoms with Crippen LogP contribution in [0.1, 0.15) is 13.8 Å². The Morgan fingerprint density at radius 2 is 2.22 bits per heavy atom. The van der Waals surface area contributed by atoms with Gasteiger partial charge in [0, 0.05) is 0 Å². The molecule has 3 N–H and O–H groups in total. The molecular formula is C5H9N3O. The monoisotopic (exact) mass is 127 g/mol. The molecule has 0 saturated carbocycles. The van der Waals surface area contributed by atoms with Crippen molar-refractivity contribution in [1.29, 1.82) is 0 Å². The van der Waals surface area contributed by atoms with Gasteiger partial charge in [0.25, 0.3) is 0 Å². The minimum Gasteiger partial charge on any atom is -0.368 e. The molecular weight excluding hydrogens is 118 g/mol. The lowest BCUT2D eigenvalue weighted by Crippen LogP contribution is -2.27. The maximum Gasteiger partial charge on any atom is 0.218 e. The smallest absolute Gasteiger partial charge is 0.218 e. The molecule has 0 amide bonds. The predicted octanol–water partition coefficient (Wildman–Crippen LogP) is -0.516. The molecule has 0 aromatic heterocycles. The van der Waals surface area contributed by atoms with E-state index in [4.69, 9.17) is 5.73 Å². The normalized spacial score (nSPS) is 34.1. The van der Waals surface area contributed by atoms with E-state index in [2.05, 4.69) is 9.98 Å². The lowest BCUT2D eigenvalue weighted by molar-refractivity contribution is 0.146. The van der Waals surface area contributed by atoms with Crippen LogP contribution in [-0.4, -0.2) is 22.5 Å². The molecule has 50 valence electrons. The SMILES string of the molecule is CC1=NC(N)=NC1(C)O. The van der Waals surface area contributed by atoms with Gasteiger partial charge in [0.05, 0.1) is 5.71 Å². The molecule has 1 aliphatic rings. The molecule has 1 heterocycles. The van der Waals surface area contributed by atoms with Crippen molar-refractivity contribution in [1.82, 2.24) is 0 Å². The zero-order valence-corrected chi connectivity index (χ0v) is 5.42. The quantitative estimate of drug-likeness (QED) is 0.459. The van der Waals surface area contributed by atoms with Crippen LogP contribution >= 0.6 is 0 Å². The highest BCUT2D eigenvalue weighted by atomic mass is 16.3. The first-order valence-electron chi connectivity index (χ1n) is 2.66. The molecule has 1 aliphatic heterocycles. The van der Waals surface area contributed by atoms with Crippen molar-refractivity contribution in [3.05, 3.63) is 0 Å². The van der Waals surface area contributed by atoms with Crippen LogP contribution in [0.4, 0.5) is 0 Å². The van der Waals surface area contributed by atoms with Gasteiger partial charge in [0.15, 0.2) is 5.72 Å². The highest BCUT2D eigenvalue weighted by Crippen LogP contribution is 2.13. The van der Waals surface area contributed by atoms with Crippen molar-refractivity contribution in [3.8, 4) is 0 Å². The van der Waals surface area contributed by atoms with Crippen LogP contribution in [0.2, 0.25) is 0 Å². The fourth-order valence-electron chi connectivity index (χ4n) is 0.607. The average Bonchev–Trinajstić information content (AvgIpc) is 1.79. The first-order valence-corrected chi connectivity index (χ1v) is 2.66. The summed E-state index contributed by atoms with van der Waals surface area (Å²) in [5.74, 6) is 0.150. The standard InChI is InChI=1S/C5H9N3O/c1-3-5(2,9)8-4(6)7-3/h9H,1-2H3,(H2,6,8). The van der Waals surface area contributed by atoms with Crippen molar-refractivity contribution in [3.63, 3.8) is 0 Å². The average molecular weight is 127 g/mol. The lowest BCUT2D eigenvalue weighted by atomic mass is 10.2. The van der Waals surface area contributed by atoms with Gasteiger partial charge in [-0.2, -0.15) is 0 Å². The highest BCUT2D eigenvalue weighted by molar-refractivity contribution is 6.04. The summed E-state index contributed by atoms with van der Waals surface area (Å²) in [5.41, 5.74) is 4.58. The summed E-state index contributed by atoms with van der Waals surface area (Å²) < 4.78 is 0. The van der Waals surface area contributed by atoms with E-state index in [0.717, 1.165) is 0 Å². The number of hydrogen-bond acceptors (Lipinski definition) is 4. The van der Waals surface area contributed by atoms with Crippen LogP contribution < -0.4 is 5.73 Å². The molecule has 0 saturated heterocycles. The Morgan fingerprint density at radius 3 is 2.33 bits per heavy atom. The molecule has 0 aliphatic carbocycles. The summed E-state index contributed by atoms with van der Waals surface area (Å²) in [5, 5.41) is 9.24. The van der Waals surface area contributed by atoms with Crippen LogP contribution in [0.3, 0.4) is 0 Å². The van der Waals surface area contributed by atoms with Gasteiger partial charge >= 0.3 is 0 Å². The summed E-state index contributed by atoms with van der Waals surface area (Å²) in [6.45, 7) is 3.23. The Hall–Kier alpha value is -0.900. The van der Waals surface area contributed by atoms with Crippen molar-refractivity contribution in [2.75, 3.05) is 0 Å². The van der Waals surface area contributed by atoms with E-state index in [-0.39, 0.29) is 5.96 Å². The number of aliphatic imine (C=N–C) groups is 2. The van der Waals surface area contributed by atoms with Gasteiger partial charge in [-0.25, -0.2) is 9.98 Å². The fraction of sp³-hybridized carbons (Fsp3) is 0.600. The van der Waals surface area contributed by atoms with Crippen molar-refractivity contribution < 1.29 is 5.11 Å². The molecule has 0 radical (unpaired) electrons. The highest BCUT2D eigenvalue weighted by Gasteiger charge is 2.28. The molecule has 0 spiro atoms. The van der Waals surface area contributed by atoms with Gasteiger partial charge < -0.3 is 10.8 Å². The van der Waals surface area contributed by atoms with Crippen LogP contribution in [0.15, 0.2) is 9.98 Å². The van der Waals surface area contributed by atoms with Crippen molar-refractivity contribution in [2.24, 2.45) is 15.7 Å². The third-order valence-corrected chi connectivity index (χ3v) is 1.30. The summed E-state index contributed by atoms with van der Waals surface area (Å²) in [6.07, 6.45) is 0.